The maximum atomic E-state index is 10.2. The number of carboxylic acid groups (broad SMARTS) is 1. The Labute approximate surface area is 76.5 Å². The fourth-order valence-corrected chi connectivity index (χ4v) is 0.889. The SMILES string of the molecule is CC(C)n1cc(C=CC(=O)O)cn1. The molecule has 1 N–H and O–H groups in total. The lowest BCUT2D eigenvalue weighted by Gasteiger charge is -2.02. The predicted octanol–water partition coefficient (Wildman–Crippen LogP) is 1.56. The number of carboxylic acids is 1. The maximum absolute atomic E-state index is 10.2. The minimum atomic E-state index is -0.947. The Kier molecular flexibility index (Phi) is 2.84. The van der Waals surface area contributed by atoms with E-state index in [1.807, 2.05) is 20.0 Å². The molecular weight excluding hydrogens is 168 g/mol. The van der Waals surface area contributed by atoms with Gasteiger partial charge in [0.25, 0.3) is 0 Å². The molecule has 0 unspecified atom stereocenters. The largest absolute Gasteiger partial charge is 0.478 e. The van der Waals surface area contributed by atoms with Gasteiger partial charge in [-0.1, -0.05) is 0 Å². The molecule has 4 heteroatoms. The van der Waals surface area contributed by atoms with Crippen LogP contribution < -0.4 is 0 Å². The Bertz CT molecular complexity index is 326. The molecule has 13 heavy (non-hydrogen) atoms. The van der Waals surface area contributed by atoms with Crippen molar-refractivity contribution < 1.29 is 9.90 Å². The maximum Gasteiger partial charge on any atom is 0.328 e. The van der Waals surface area contributed by atoms with Gasteiger partial charge in [-0.3, -0.25) is 4.68 Å². The highest BCUT2D eigenvalue weighted by Gasteiger charge is 1.98. The van der Waals surface area contributed by atoms with Gasteiger partial charge in [0.1, 0.15) is 0 Å². The molecule has 70 valence electrons. The zero-order valence-electron chi connectivity index (χ0n) is 7.64. The Hall–Kier alpha value is -1.58. The molecule has 0 spiro atoms. The quantitative estimate of drug-likeness (QED) is 0.718. The van der Waals surface area contributed by atoms with E-state index >= 15 is 0 Å². The van der Waals surface area contributed by atoms with Gasteiger partial charge in [-0.25, -0.2) is 4.79 Å². The second-order valence-corrected chi connectivity index (χ2v) is 3.02. The van der Waals surface area contributed by atoms with Crippen LogP contribution in [0.15, 0.2) is 18.5 Å². The second-order valence-electron chi connectivity index (χ2n) is 3.02. The average Bonchev–Trinajstić information content (AvgIpc) is 2.48. The Balaban J connectivity index is 2.75. The van der Waals surface area contributed by atoms with Crippen LogP contribution in [0.2, 0.25) is 0 Å². The fraction of sp³-hybridized carbons (Fsp3) is 0.333. The van der Waals surface area contributed by atoms with E-state index in [0.29, 0.717) is 6.04 Å². The molecule has 0 radical (unpaired) electrons. The van der Waals surface area contributed by atoms with Crippen LogP contribution in [0.5, 0.6) is 0 Å². The van der Waals surface area contributed by atoms with Crippen molar-refractivity contribution in [3.63, 3.8) is 0 Å². The number of aromatic nitrogens is 2. The van der Waals surface area contributed by atoms with Crippen molar-refractivity contribution >= 4 is 12.0 Å². The summed E-state index contributed by atoms with van der Waals surface area (Å²) >= 11 is 0. The first-order valence-electron chi connectivity index (χ1n) is 4.05. The standard InChI is InChI=1S/C9H12N2O2/c1-7(2)11-6-8(5-10-11)3-4-9(12)13/h3-7H,1-2H3,(H,12,13). The van der Waals surface area contributed by atoms with Crippen LogP contribution in [0.3, 0.4) is 0 Å². The lowest BCUT2D eigenvalue weighted by molar-refractivity contribution is -0.131. The third-order valence-corrected chi connectivity index (χ3v) is 1.57. The van der Waals surface area contributed by atoms with Crippen molar-refractivity contribution in [3.8, 4) is 0 Å². The van der Waals surface area contributed by atoms with E-state index in [9.17, 15) is 4.79 Å². The van der Waals surface area contributed by atoms with Crippen molar-refractivity contribution in [1.82, 2.24) is 9.78 Å². The number of aliphatic carboxylic acids is 1. The molecule has 0 bridgehead atoms. The van der Waals surface area contributed by atoms with Crippen LogP contribution in [0.25, 0.3) is 6.08 Å². The molecule has 1 aromatic heterocycles. The summed E-state index contributed by atoms with van der Waals surface area (Å²) in [7, 11) is 0. The summed E-state index contributed by atoms with van der Waals surface area (Å²) in [6.45, 7) is 4.02. The normalized spacial score (nSPS) is 11.3. The minimum Gasteiger partial charge on any atom is -0.478 e. The van der Waals surface area contributed by atoms with Crippen LogP contribution in [0.1, 0.15) is 25.5 Å². The lowest BCUT2D eigenvalue weighted by atomic mass is 10.3. The smallest absolute Gasteiger partial charge is 0.328 e. The van der Waals surface area contributed by atoms with Gasteiger partial charge in [0, 0.05) is 23.9 Å². The zero-order chi connectivity index (χ0) is 9.84. The highest BCUT2D eigenvalue weighted by Crippen LogP contribution is 2.06. The number of rotatable bonds is 3. The fourth-order valence-electron chi connectivity index (χ4n) is 0.889. The van der Waals surface area contributed by atoms with E-state index in [1.54, 1.807) is 10.9 Å². The highest BCUT2D eigenvalue weighted by molar-refractivity contribution is 5.85. The molecule has 0 fully saturated rings. The third kappa shape index (κ3) is 2.74. The first-order chi connectivity index (χ1) is 6.09. The van der Waals surface area contributed by atoms with E-state index < -0.39 is 5.97 Å². The summed E-state index contributed by atoms with van der Waals surface area (Å²) in [6.07, 6.45) is 6.07. The molecule has 1 rings (SSSR count). The summed E-state index contributed by atoms with van der Waals surface area (Å²) < 4.78 is 1.78. The van der Waals surface area contributed by atoms with Crippen molar-refractivity contribution in [2.75, 3.05) is 0 Å². The molecule has 4 nitrogen and oxygen atoms in total. The molecule has 1 aromatic rings. The van der Waals surface area contributed by atoms with Crippen molar-refractivity contribution in [2.45, 2.75) is 19.9 Å². The molecule has 0 aliphatic rings. The van der Waals surface area contributed by atoms with Gasteiger partial charge in [-0.05, 0) is 19.9 Å². The molecule has 1 heterocycles. The van der Waals surface area contributed by atoms with Crippen LogP contribution in [0, 0.1) is 0 Å². The molecule has 0 saturated carbocycles. The number of nitrogens with zero attached hydrogens (tertiary/aromatic N) is 2. The van der Waals surface area contributed by atoms with Gasteiger partial charge < -0.3 is 5.11 Å². The average molecular weight is 180 g/mol. The molecule has 0 aromatic carbocycles. The molecule has 0 saturated heterocycles. The Morgan fingerprint density at radius 1 is 1.69 bits per heavy atom. The van der Waals surface area contributed by atoms with Gasteiger partial charge in [-0.15, -0.1) is 0 Å². The van der Waals surface area contributed by atoms with E-state index in [0.717, 1.165) is 11.6 Å². The van der Waals surface area contributed by atoms with Crippen molar-refractivity contribution in [1.29, 1.82) is 0 Å². The zero-order valence-corrected chi connectivity index (χ0v) is 7.64. The number of hydrogen-bond donors (Lipinski definition) is 1. The van der Waals surface area contributed by atoms with Crippen molar-refractivity contribution in [3.05, 3.63) is 24.0 Å². The van der Waals surface area contributed by atoms with Crippen molar-refractivity contribution in [2.24, 2.45) is 0 Å². The highest BCUT2D eigenvalue weighted by atomic mass is 16.4. The van der Waals surface area contributed by atoms with Crippen LogP contribution >= 0.6 is 0 Å². The van der Waals surface area contributed by atoms with E-state index in [2.05, 4.69) is 5.10 Å². The van der Waals surface area contributed by atoms with Crippen LogP contribution in [-0.2, 0) is 4.79 Å². The summed E-state index contributed by atoms with van der Waals surface area (Å²) in [6, 6.07) is 0.298. The monoisotopic (exact) mass is 180 g/mol. The van der Waals surface area contributed by atoms with Gasteiger partial charge >= 0.3 is 5.97 Å². The molecular formula is C9H12N2O2. The van der Waals surface area contributed by atoms with Gasteiger partial charge in [0.15, 0.2) is 0 Å². The van der Waals surface area contributed by atoms with Gasteiger partial charge in [-0.2, -0.15) is 5.10 Å². The third-order valence-electron chi connectivity index (χ3n) is 1.57. The Morgan fingerprint density at radius 3 is 2.85 bits per heavy atom. The molecule has 0 aliphatic carbocycles. The first-order valence-corrected chi connectivity index (χ1v) is 4.05. The minimum absolute atomic E-state index is 0.298. The summed E-state index contributed by atoms with van der Waals surface area (Å²) in [5, 5.41) is 12.4. The summed E-state index contributed by atoms with van der Waals surface area (Å²) in [4.78, 5) is 10.2. The Morgan fingerprint density at radius 2 is 2.38 bits per heavy atom. The number of hydrogen-bond acceptors (Lipinski definition) is 2. The number of carbonyl (C=O) groups is 1. The van der Waals surface area contributed by atoms with Gasteiger partial charge in [0.05, 0.1) is 6.20 Å². The second kappa shape index (κ2) is 3.89. The van der Waals surface area contributed by atoms with E-state index in [-0.39, 0.29) is 0 Å². The lowest BCUT2D eigenvalue weighted by Crippen LogP contribution is -1.99. The first kappa shape index (κ1) is 9.51. The van der Waals surface area contributed by atoms with E-state index in [1.165, 1.54) is 6.08 Å². The summed E-state index contributed by atoms with van der Waals surface area (Å²) in [5.41, 5.74) is 0.802. The van der Waals surface area contributed by atoms with E-state index in [4.69, 9.17) is 5.11 Å². The van der Waals surface area contributed by atoms with Gasteiger partial charge in [0.2, 0.25) is 0 Å². The predicted molar refractivity (Wildman–Crippen MR) is 49.3 cm³/mol. The molecule has 0 aliphatic heterocycles. The molecule has 0 amide bonds. The van der Waals surface area contributed by atoms with Crippen LogP contribution in [0.4, 0.5) is 0 Å². The van der Waals surface area contributed by atoms with Crippen LogP contribution in [-0.4, -0.2) is 20.9 Å². The topological polar surface area (TPSA) is 55.1 Å². The summed E-state index contributed by atoms with van der Waals surface area (Å²) in [5.74, 6) is -0.947. The molecule has 0 atom stereocenters.